The Morgan fingerprint density at radius 1 is 0.897 bits per heavy atom. The molecule has 0 unspecified atom stereocenters. The van der Waals surface area contributed by atoms with Crippen molar-refractivity contribution in [1.82, 2.24) is 9.38 Å². The number of anilines is 2. The molecule has 0 aliphatic heterocycles. The van der Waals surface area contributed by atoms with Crippen LogP contribution in [0.4, 0.5) is 15.8 Å². The van der Waals surface area contributed by atoms with Crippen LogP contribution in [0.3, 0.4) is 0 Å². The van der Waals surface area contributed by atoms with Crippen molar-refractivity contribution < 1.29 is 14.0 Å². The third-order valence-corrected chi connectivity index (χ3v) is 4.32. The third-order valence-electron chi connectivity index (χ3n) is 4.32. The molecule has 0 radical (unpaired) electrons. The molecule has 0 aliphatic carbocycles. The Hall–Kier alpha value is -4.00. The minimum atomic E-state index is -0.550. The number of nitrogens with one attached hydrogen (secondary N) is 2. The number of carbonyl (C=O) groups is 2. The molecule has 0 atom stereocenters. The molecule has 2 aromatic heterocycles. The van der Waals surface area contributed by atoms with Gasteiger partial charge in [-0.25, -0.2) is 9.37 Å². The van der Waals surface area contributed by atoms with Crippen molar-refractivity contribution in [2.24, 2.45) is 0 Å². The van der Waals surface area contributed by atoms with Crippen LogP contribution in [-0.4, -0.2) is 21.2 Å². The number of pyridine rings is 1. The van der Waals surface area contributed by atoms with E-state index in [1.54, 1.807) is 36.5 Å². The van der Waals surface area contributed by atoms with Crippen molar-refractivity contribution >= 4 is 28.7 Å². The van der Waals surface area contributed by atoms with Crippen LogP contribution in [-0.2, 0) is 0 Å². The molecule has 0 spiro atoms. The number of aryl methyl sites for hydroxylation is 1. The molecule has 0 saturated heterocycles. The molecule has 4 rings (SSSR count). The van der Waals surface area contributed by atoms with Crippen molar-refractivity contribution in [3.63, 3.8) is 0 Å². The fourth-order valence-electron chi connectivity index (χ4n) is 3.03. The van der Waals surface area contributed by atoms with Gasteiger partial charge in [-0.3, -0.25) is 14.0 Å². The maximum absolute atomic E-state index is 13.4. The quantitative estimate of drug-likeness (QED) is 0.548. The summed E-state index contributed by atoms with van der Waals surface area (Å²) < 4.78 is 14.9. The van der Waals surface area contributed by atoms with Crippen LogP contribution >= 0.6 is 0 Å². The second-order valence-corrected chi connectivity index (χ2v) is 6.53. The number of halogens is 1. The Kier molecular flexibility index (Phi) is 4.78. The minimum absolute atomic E-state index is 0.0271. The molecule has 4 aromatic rings. The van der Waals surface area contributed by atoms with Crippen molar-refractivity contribution in [2.45, 2.75) is 6.92 Å². The van der Waals surface area contributed by atoms with E-state index < -0.39 is 17.6 Å². The third kappa shape index (κ3) is 3.84. The highest BCUT2D eigenvalue weighted by molar-refractivity contribution is 6.10. The normalized spacial score (nSPS) is 10.7. The molecular weight excluding hydrogens is 371 g/mol. The van der Waals surface area contributed by atoms with E-state index in [4.69, 9.17) is 0 Å². The van der Waals surface area contributed by atoms with Gasteiger partial charge >= 0.3 is 0 Å². The lowest BCUT2D eigenvalue weighted by atomic mass is 10.2. The number of fused-ring (bicyclic) bond motifs is 1. The Morgan fingerprint density at radius 2 is 1.62 bits per heavy atom. The zero-order chi connectivity index (χ0) is 20.4. The lowest BCUT2D eigenvalue weighted by Crippen LogP contribution is -2.16. The van der Waals surface area contributed by atoms with Gasteiger partial charge in [0.2, 0.25) is 5.82 Å². The number of hydrogen-bond acceptors (Lipinski definition) is 3. The first-order valence-electron chi connectivity index (χ1n) is 8.93. The van der Waals surface area contributed by atoms with Gasteiger partial charge in [0.25, 0.3) is 11.8 Å². The first-order valence-corrected chi connectivity index (χ1v) is 8.93. The summed E-state index contributed by atoms with van der Waals surface area (Å²) in [5, 5.41) is 5.41. The minimum Gasteiger partial charge on any atom is -0.321 e. The zero-order valence-corrected chi connectivity index (χ0v) is 15.5. The molecule has 29 heavy (non-hydrogen) atoms. The molecule has 2 N–H and O–H groups in total. The van der Waals surface area contributed by atoms with Gasteiger partial charge in [-0.15, -0.1) is 0 Å². The van der Waals surface area contributed by atoms with E-state index in [0.29, 0.717) is 16.9 Å². The van der Waals surface area contributed by atoms with Crippen molar-refractivity contribution in [3.8, 4) is 0 Å². The summed E-state index contributed by atoms with van der Waals surface area (Å²) in [6.45, 7) is 1.93. The molecule has 6 nitrogen and oxygen atoms in total. The van der Waals surface area contributed by atoms with Gasteiger partial charge in [0, 0.05) is 17.6 Å². The van der Waals surface area contributed by atoms with E-state index >= 15 is 0 Å². The predicted molar refractivity (Wildman–Crippen MR) is 109 cm³/mol. The molecule has 0 saturated carbocycles. The van der Waals surface area contributed by atoms with E-state index in [-0.39, 0.29) is 11.5 Å². The average Bonchev–Trinajstić information content (AvgIpc) is 3.08. The van der Waals surface area contributed by atoms with E-state index in [0.717, 1.165) is 5.56 Å². The van der Waals surface area contributed by atoms with Crippen LogP contribution in [0, 0.1) is 12.7 Å². The van der Waals surface area contributed by atoms with Crippen LogP contribution in [0.15, 0.2) is 72.9 Å². The number of imidazole rings is 1. The molecule has 0 bridgehead atoms. The summed E-state index contributed by atoms with van der Waals surface area (Å²) in [7, 11) is 0. The smallest absolute Gasteiger partial charge is 0.292 e. The fourth-order valence-corrected chi connectivity index (χ4v) is 3.03. The van der Waals surface area contributed by atoms with Crippen LogP contribution in [0.2, 0.25) is 0 Å². The summed E-state index contributed by atoms with van der Waals surface area (Å²) in [6.07, 6.45) is 1.65. The Labute approximate surface area is 166 Å². The molecule has 144 valence electrons. The lowest BCUT2D eigenvalue weighted by Gasteiger charge is -2.04. The second-order valence-electron chi connectivity index (χ2n) is 6.53. The highest BCUT2D eigenvalue weighted by Crippen LogP contribution is 2.18. The number of hydrogen-bond donors (Lipinski definition) is 2. The molecule has 0 aliphatic rings. The Bertz CT molecular complexity index is 1140. The maximum Gasteiger partial charge on any atom is 0.292 e. The maximum atomic E-state index is 13.4. The highest BCUT2D eigenvalue weighted by atomic mass is 19.1. The number of rotatable bonds is 4. The molecule has 2 aromatic carbocycles. The van der Waals surface area contributed by atoms with Crippen molar-refractivity contribution in [2.75, 3.05) is 10.6 Å². The lowest BCUT2D eigenvalue weighted by molar-refractivity contribution is 0.101. The van der Waals surface area contributed by atoms with E-state index in [1.807, 2.05) is 25.1 Å². The first kappa shape index (κ1) is 18.4. The molecule has 0 fully saturated rings. The molecular formula is C22H17FN4O2. The monoisotopic (exact) mass is 388 g/mol. The van der Waals surface area contributed by atoms with Crippen LogP contribution in [0.25, 0.3) is 5.52 Å². The topological polar surface area (TPSA) is 75.5 Å². The number of carbonyl (C=O) groups excluding carboxylic acids is 2. The molecule has 7 heteroatoms. The van der Waals surface area contributed by atoms with Gasteiger partial charge in [0.1, 0.15) is 5.82 Å². The largest absolute Gasteiger partial charge is 0.321 e. The van der Waals surface area contributed by atoms with Crippen LogP contribution < -0.4 is 10.6 Å². The van der Waals surface area contributed by atoms with Gasteiger partial charge in [0.15, 0.2) is 5.69 Å². The van der Waals surface area contributed by atoms with Gasteiger partial charge < -0.3 is 10.6 Å². The first-order chi connectivity index (χ1) is 14.0. The van der Waals surface area contributed by atoms with Crippen LogP contribution in [0.5, 0.6) is 0 Å². The SMILES string of the molecule is Cc1cccc(NC(=O)c2nc(C(=O)Nc3cccc(F)c3)n3ccccc23)c1. The highest BCUT2D eigenvalue weighted by Gasteiger charge is 2.21. The standard InChI is InChI=1S/C22H17FN4O2/c1-14-6-4-8-16(12-14)24-21(28)19-18-10-2-3-11-27(18)20(26-19)22(29)25-17-9-5-7-15(23)13-17/h2-13H,1H3,(H,24,28)(H,25,29). The van der Waals surface area contributed by atoms with E-state index in [1.165, 1.54) is 22.6 Å². The Morgan fingerprint density at radius 3 is 2.38 bits per heavy atom. The summed E-state index contributed by atoms with van der Waals surface area (Å²) in [4.78, 5) is 29.8. The van der Waals surface area contributed by atoms with E-state index in [9.17, 15) is 14.0 Å². The molecule has 2 heterocycles. The number of amides is 2. The number of benzene rings is 2. The van der Waals surface area contributed by atoms with Crippen LogP contribution in [0.1, 0.15) is 26.7 Å². The van der Waals surface area contributed by atoms with Gasteiger partial charge in [-0.1, -0.05) is 24.3 Å². The van der Waals surface area contributed by atoms with Crippen molar-refractivity contribution in [1.29, 1.82) is 0 Å². The summed E-state index contributed by atoms with van der Waals surface area (Å²) >= 11 is 0. The average molecular weight is 388 g/mol. The zero-order valence-electron chi connectivity index (χ0n) is 15.5. The van der Waals surface area contributed by atoms with Gasteiger partial charge in [0.05, 0.1) is 5.52 Å². The summed E-state index contributed by atoms with van der Waals surface area (Å²) in [6, 6.07) is 18.1. The van der Waals surface area contributed by atoms with Crippen molar-refractivity contribution in [3.05, 3.63) is 95.8 Å². The molecule has 2 amide bonds. The van der Waals surface area contributed by atoms with Gasteiger partial charge in [-0.05, 0) is 55.0 Å². The van der Waals surface area contributed by atoms with E-state index in [2.05, 4.69) is 15.6 Å². The Balaban J connectivity index is 1.67. The second kappa shape index (κ2) is 7.55. The number of nitrogens with zero attached hydrogens (tertiary/aromatic N) is 2. The number of aromatic nitrogens is 2. The summed E-state index contributed by atoms with van der Waals surface area (Å²) in [5.74, 6) is -1.41. The predicted octanol–water partition coefficient (Wildman–Crippen LogP) is 4.29. The summed E-state index contributed by atoms with van der Waals surface area (Å²) in [5.41, 5.74) is 2.55. The fraction of sp³-hybridized carbons (Fsp3) is 0.0455. The van der Waals surface area contributed by atoms with Gasteiger partial charge in [-0.2, -0.15) is 0 Å².